The predicted molar refractivity (Wildman–Crippen MR) is 251 cm³/mol. The fourth-order valence-corrected chi connectivity index (χ4v) is 9.00. The monoisotopic (exact) mass is 875 g/mol. The largest absolute Gasteiger partial charge is 0.494 e. The zero-order chi connectivity index (χ0) is 44.0. The molecule has 7 rings (SSSR count). The Balaban J connectivity index is 0.761. The predicted octanol–water partition coefficient (Wildman–Crippen LogP) is 10.4. The van der Waals surface area contributed by atoms with E-state index in [9.17, 15) is 4.79 Å². The average Bonchev–Trinajstić information content (AvgIpc) is 3.97. The molecule has 0 aliphatic carbocycles. The minimum Gasteiger partial charge on any atom is -0.494 e. The molecule has 0 radical (unpaired) electrons. The number of piperazine rings is 1. The summed E-state index contributed by atoms with van der Waals surface area (Å²) >= 11 is 1.73. The molecule has 2 aromatic heterocycles. The van der Waals surface area contributed by atoms with Gasteiger partial charge in [0.25, 0.3) is 0 Å². The second kappa shape index (κ2) is 22.6. The van der Waals surface area contributed by atoms with Crippen molar-refractivity contribution in [2.24, 2.45) is 0 Å². The molecule has 63 heavy (non-hydrogen) atoms. The number of fused-ring (bicyclic) bond motifs is 1. The Hall–Kier alpha value is -5.63. The Morgan fingerprint density at radius 1 is 0.603 bits per heavy atom. The number of aromatic nitrogens is 3. The minimum absolute atomic E-state index is 0.214. The van der Waals surface area contributed by atoms with Gasteiger partial charge < -0.3 is 38.2 Å². The summed E-state index contributed by atoms with van der Waals surface area (Å²) in [4.78, 5) is 22.8. The normalized spacial score (nSPS) is 13.3. The van der Waals surface area contributed by atoms with Gasteiger partial charge in [-0.1, -0.05) is 37.8 Å². The van der Waals surface area contributed by atoms with E-state index < -0.39 is 0 Å². The minimum atomic E-state index is -0.214. The van der Waals surface area contributed by atoms with E-state index in [4.69, 9.17) is 33.4 Å². The number of carbonyl (C=O) groups is 1. The van der Waals surface area contributed by atoms with Crippen LogP contribution in [-0.4, -0.2) is 111 Å². The van der Waals surface area contributed by atoms with Gasteiger partial charge in [0, 0.05) is 49.8 Å². The fourth-order valence-electron chi connectivity index (χ4n) is 8.03. The molecule has 1 aliphatic heterocycles. The van der Waals surface area contributed by atoms with Crippen molar-refractivity contribution < 1.29 is 33.2 Å². The van der Waals surface area contributed by atoms with Crippen molar-refractivity contribution in [2.75, 3.05) is 80.9 Å². The number of hydrogen-bond donors (Lipinski definition) is 0. The summed E-state index contributed by atoms with van der Waals surface area (Å²) in [7, 11) is 6.33. The van der Waals surface area contributed by atoms with Crippen molar-refractivity contribution in [1.29, 1.82) is 0 Å². The van der Waals surface area contributed by atoms with Gasteiger partial charge in [-0.25, -0.2) is 4.98 Å². The van der Waals surface area contributed by atoms with Crippen molar-refractivity contribution in [3.63, 3.8) is 0 Å². The third kappa shape index (κ3) is 11.9. The van der Waals surface area contributed by atoms with Gasteiger partial charge in [-0.05, 0) is 112 Å². The summed E-state index contributed by atoms with van der Waals surface area (Å²) in [5, 5.41) is 5.70. The van der Waals surface area contributed by atoms with Gasteiger partial charge in [-0.15, -0.1) is 11.3 Å². The quantitative estimate of drug-likeness (QED) is 0.0574. The first-order valence-corrected chi connectivity index (χ1v) is 22.9. The number of carbonyl (C=O) groups excluding carboxylic acids is 1. The first-order valence-electron chi connectivity index (χ1n) is 22.1. The highest BCUT2D eigenvalue weighted by Crippen LogP contribution is 2.42. The average molecular weight is 876 g/mol. The molecule has 0 bridgehead atoms. The highest BCUT2D eigenvalue weighted by molar-refractivity contribution is 7.21. The fraction of sp³-hybridized carbons (Fsp3) is 0.420. The zero-order valence-electron chi connectivity index (χ0n) is 37.4. The van der Waals surface area contributed by atoms with E-state index in [1.165, 1.54) is 55.0 Å². The molecule has 334 valence electrons. The maximum absolute atomic E-state index is 12.8. The van der Waals surface area contributed by atoms with Crippen molar-refractivity contribution in [3.8, 4) is 67.6 Å². The second-order valence-corrected chi connectivity index (χ2v) is 16.9. The van der Waals surface area contributed by atoms with Crippen molar-refractivity contribution >= 4 is 27.5 Å². The van der Waals surface area contributed by atoms with Gasteiger partial charge in [-0.2, -0.15) is 9.78 Å². The topological polar surface area (TPSA) is 110 Å². The second-order valence-electron chi connectivity index (χ2n) is 15.8. The smallest absolute Gasteiger partial charge is 0.244 e. The number of para-hydroxylation sites is 1. The number of unbranched alkanes of at least 4 members (excludes halogenated alkanes) is 6. The van der Waals surface area contributed by atoms with Gasteiger partial charge in [0.1, 0.15) is 10.8 Å². The molecule has 0 spiro atoms. The summed E-state index contributed by atoms with van der Waals surface area (Å²) in [5.41, 5.74) is 4.92. The summed E-state index contributed by atoms with van der Waals surface area (Å²) in [6.07, 6.45) is 9.17. The molecule has 0 unspecified atom stereocenters. The Morgan fingerprint density at radius 2 is 1.19 bits per heavy atom. The molecule has 1 fully saturated rings. The summed E-state index contributed by atoms with van der Waals surface area (Å²) in [6.45, 7) is 9.78. The van der Waals surface area contributed by atoms with Crippen molar-refractivity contribution in [1.82, 2.24) is 24.6 Å². The lowest BCUT2D eigenvalue weighted by molar-refractivity contribution is 0.0923. The molecule has 1 saturated heterocycles. The number of thiazole rings is 1. The van der Waals surface area contributed by atoms with E-state index in [2.05, 4.69) is 57.4 Å². The maximum Gasteiger partial charge on any atom is 0.244 e. The molecule has 4 aromatic carbocycles. The number of methoxy groups -OCH3 is 4. The molecular formula is C50H61N5O7S. The standard InChI is InChI=1S/C50H61N5O7S/c1-36(56)55-43(35-42(52-55)39-33-46(58-3)49(60-5)47(34-39)59-4)38-20-23-44(57-2)45(32-38)62-31-15-9-7-13-25-54-28-26-53(27-29-54)24-12-6-8-14-30-61-40-21-18-37(19-22-40)50-51-41-16-10-11-17-48(41)63-50/h10-11,16-23,32-35H,6-9,12-15,24-31H2,1-5H3. The van der Waals surface area contributed by atoms with Crippen LogP contribution >= 0.6 is 11.3 Å². The van der Waals surface area contributed by atoms with E-state index in [1.54, 1.807) is 39.8 Å². The van der Waals surface area contributed by atoms with Gasteiger partial charge in [0.2, 0.25) is 11.7 Å². The van der Waals surface area contributed by atoms with Crippen LogP contribution < -0.4 is 28.4 Å². The van der Waals surface area contributed by atoms with Gasteiger partial charge >= 0.3 is 0 Å². The molecule has 1 aliphatic rings. The van der Waals surface area contributed by atoms with Crippen molar-refractivity contribution in [3.05, 3.63) is 84.9 Å². The summed E-state index contributed by atoms with van der Waals surface area (Å²) in [5.74, 6) is 3.47. The van der Waals surface area contributed by atoms with E-state index in [0.717, 1.165) is 91.6 Å². The molecule has 6 aromatic rings. The van der Waals surface area contributed by atoms with Crippen molar-refractivity contribution in [2.45, 2.75) is 58.3 Å². The molecule has 12 nitrogen and oxygen atoms in total. The van der Waals surface area contributed by atoms with Crippen LogP contribution in [0.25, 0.3) is 43.3 Å². The van der Waals surface area contributed by atoms with Crippen LogP contribution in [0.15, 0.2) is 84.9 Å². The van der Waals surface area contributed by atoms with E-state index in [0.29, 0.717) is 46.7 Å². The van der Waals surface area contributed by atoms with Crippen LogP contribution in [0.5, 0.6) is 34.5 Å². The van der Waals surface area contributed by atoms with Crippen LogP contribution in [-0.2, 0) is 0 Å². The van der Waals surface area contributed by atoms with Crippen LogP contribution in [0.1, 0.15) is 63.1 Å². The van der Waals surface area contributed by atoms with Crippen LogP contribution in [0, 0.1) is 0 Å². The van der Waals surface area contributed by atoms with Gasteiger partial charge in [0.05, 0.1) is 63.3 Å². The summed E-state index contributed by atoms with van der Waals surface area (Å²) < 4.78 is 37.1. The SMILES string of the molecule is COc1ccc(-c2cc(-c3cc(OC)c(OC)c(OC)c3)nn2C(C)=O)cc1OCCCCCCN1CCN(CCCCCCOc2ccc(-c3nc4ccccc4s3)cc2)CC1. The first kappa shape index (κ1) is 45.4. The Labute approximate surface area is 375 Å². The molecule has 13 heteroatoms. The van der Waals surface area contributed by atoms with E-state index in [-0.39, 0.29) is 5.91 Å². The molecule has 3 heterocycles. The zero-order valence-corrected chi connectivity index (χ0v) is 38.2. The third-order valence-corrected chi connectivity index (χ3v) is 12.6. The lowest BCUT2D eigenvalue weighted by Crippen LogP contribution is -2.46. The van der Waals surface area contributed by atoms with E-state index in [1.807, 2.05) is 42.5 Å². The number of benzene rings is 4. The molecule has 0 atom stereocenters. The Bertz CT molecular complexity index is 2330. The maximum atomic E-state index is 12.8. The first-order chi connectivity index (χ1) is 30.9. The Kier molecular flexibility index (Phi) is 16.3. The summed E-state index contributed by atoms with van der Waals surface area (Å²) in [6, 6.07) is 27.8. The molecular weight excluding hydrogens is 815 g/mol. The van der Waals surface area contributed by atoms with Crippen LogP contribution in [0.3, 0.4) is 0 Å². The van der Waals surface area contributed by atoms with E-state index >= 15 is 0 Å². The highest BCUT2D eigenvalue weighted by Gasteiger charge is 2.21. The van der Waals surface area contributed by atoms with Gasteiger partial charge in [-0.3, -0.25) is 4.79 Å². The van der Waals surface area contributed by atoms with Crippen LogP contribution in [0.4, 0.5) is 0 Å². The van der Waals surface area contributed by atoms with Gasteiger partial charge in [0.15, 0.2) is 23.0 Å². The third-order valence-electron chi connectivity index (χ3n) is 11.6. The lowest BCUT2D eigenvalue weighted by Gasteiger charge is -2.34. The number of rotatable bonds is 23. The number of hydrogen-bond acceptors (Lipinski definition) is 12. The molecule has 0 saturated carbocycles. The number of ether oxygens (including phenoxy) is 6. The molecule has 0 N–H and O–H groups in total. The Morgan fingerprint density at radius 3 is 1.79 bits per heavy atom. The lowest BCUT2D eigenvalue weighted by atomic mass is 10.1. The van der Waals surface area contributed by atoms with Crippen LogP contribution in [0.2, 0.25) is 0 Å². The molecule has 0 amide bonds. The number of nitrogens with zero attached hydrogens (tertiary/aromatic N) is 5. The highest BCUT2D eigenvalue weighted by atomic mass is 32.1.